The number of aromatic nitrogens is 3. The lowest BCUT2D eigenvalue weighted by Crippen LogP contribution is -2.41. The molecule has 0 saturated carbocycles. The Morgan fingerprint density at radius 3 is 2.66 bits per heavy atom. The highest BCUT2D eigenvalue weighted by molar-refractivity contribution is 5.92. The molecule has 170 valence electrons. The van der Waals surface area contributed by atoms with Crippen LogP contribution < -0.4 is 15.4 Å². The van der Waals surface area contributed by atoms with Crippen LogP contribution in [-0.4, -0.2) is 42.3 Å². The van der Waals surface area contributed by atoms with E-state index in [-0.39, 0.29) is 12.1 Å². The van der Waals surface area contributed by atoms with Crippen LogP contribution in [0, 0.1) is 5.82 Å². The molecule has 0 spiro atoms. The van der Waals surface area contributed by atoms with E-state index >= 15 is 0 Å². The lowest BCUT2D eigenvalue weighted by molar-refractivity contribution is -0.0426. The zero-order valence-corrected chi connectivity index (χ0v) is 17.8. The number of piperidine rings is 1. The first kappa shape index (κ1) is 22.2. The van der Waals surface area contributed by atoms with Crippen molar-refractivity contribution in [2.75, 3.05) is 32.6 Å². The van der Waals surface area contributed by atoms with Crippen LogP contribution in [0.1, 0.15) is 36.1 Å². The van der Waals surface area contributed by atoms with Crippen LogP contribution >= 0.6 is 0 Å². The molecule has 0 atom stereocenters. The maximum Gasteiger partial charge on any atom is 0.266 e. The lowest BCUT2D eigenvalue weighted by atomic mass is 9.87. The first-order valence-electron chi connectivity index (χ1n) is 10.2. The predicted molar refractivity (Wildman–Crippen MR) is 113 cm³/mol. The van der Waals surface area contributed by atoms with Gasteiger partial charge in [0.25, 0.3) is 6.43 Å². The normalized spacial score (nSPS) is 15.8. The number of halogens is 3. The Hall–Kier alpha value is -2.98. The third kappa shape index (κ3) is 4.07. The number of hydrogen-bond donors (Lipinski definition) is 2. The minimum Gasteiger partial charge on any atom is -0.479 e. The fraction of sp³-hybridized carbons (Fsp3) is 0.409. The number of ether oxygens (including phenoxy) is 2. The largest absolute Gasteiger partial charge is 0.479 e. The van der Waals surface area contributed by atoms with Gasteiger partial charge in [0.05, 0.1) is 23.8 Å². The highest BCUT2D eigenvalue weighted by Crippen LogP contribution is 2.37. The zero-order chi connectivity index (χ0) is 22.7. The minimum atomic E-state index is -2.89. The summed E-state index contributed by atoms with van der Waals surface area (Å²) in [6.07, 6.45) is -0.0830. The molecule has 4 rings (SSSR count). The molecule has 1 aliphatic heterocycles. The van der Waals surface area contributed by atoms with Gasteiger partial charge in [-0.15, -0.1) is 0 Å². The predicted octanol–water partition coefficient (Wildman–Crippen LogP) is 3.95. The van der Waals surface area contributed by atoms with Gasteiger partial charge in [0.1, 0.15) is 29.1 Å². The van der Waals surface area contributed by atoms with E-state index < -0.39 is 23.4 Å². The van der Waals surface area contributed by atoms with E-state index in [4.69, 9.17) is 9.47 Å². The molecular weight excluding hydrogens is 423 g/mol. The number of hydrogen-bond acceptors (Lipinski definition) is 7. The maximum absolute atomic E-state index is 14.5. The molecule has 3 aromatic rings. The smallest absolute Gasteiger partial charge is 0.266 e. The molecule has 0 amide bonds. The second-order valence-corrected chi connectivity index (χ2v) is 7.56. The molecule has 0 bridgehead atoms. The summed E-state index contributed by atoms with van der Waals surface area (Å²) in [4.78, 5) is 13.2. The molecule has 1 aliphatic rings. The van der Waals surface area contributed by atoms with Crippen LogP contribution in [0.25, 0.3) is 10.9 Å². The molecule has 1 fully saturated rings. The average molecular weight is 447 g/mol. The first-order valence-corrected chi connectivity index (χ1v) is 10.2. The standard InChI is InChI=1S/C22H24F3N5O2/c1-31-21-18-15(10-16(30-21)22(32-2)6-8-26-9-7-22)20(29-12-28-18)27-11-13-4-3-5-14(17(13)23)19(24)25/h3-5,10,12,19,26H,6-9,11H2,1-2H3,(H,27,28,29). The number of alkyl halides is 2. The summed E-state index contributed by atoms with van der Waals surface area (Å²) in [6.45, 7) is 1.54. The number of benzene rings is 1. The van der Waals surface area contributed by atoms with Crippen LogP contribution in [0.4, 0.5) is 19.0 Å². The summed E-state index contributed by atoms with van der Waals surface area (Å²) in [6, 6.07) is 5.79. The van der Waals surface area contributed by atoms with Crippen LogP contribution in [0.2, 0.25) is 0 Å². The number of nitrogens with zero attached hydrogens (tertiary/aromatic N) is 3. The van der Waals surface area contributed by atoms with Crippen molar-refractivity contribution in [2.24, 2.45) is 0 Å². The molecule has 32 heavy (non-hydrogen) atoms. The third-order valence-corrected chi connectivity index (χ3v) is 5.84. The number of fused-ring (bicyclic) bond motifs is 1. The summed E-state index contributed by atoms with van der Waals surface area (Å²) in [5.74, 6) is -0.191. The van der Waals surface area contributed by atoms with Crippen molar-refractivity contribution in [1.29, 1.82) is 0 Å². The molecule has 3 heterocycles. The van der Waals surface area contributed by atoms with Gasteiger partial charge in [0, 0.05) is 19.2 Å². The van der Waals surface area contributed by atoms with Crippen LogP contribution in [-0.2, 0) is 16.9 Å². The van der Waals surface area contributed by atoms with E-state index in [1.807, 2.05) is 6.07 Å². The highest BCUT2D eigenvalue weighted by Gasteiger charge is 2.36. The van der Waals surface area contributed by atoms with Crippen LogP contribution in [0.15, 0.2) is 30.6 Å². The van der Waals surface area contributed by atoms with Crippen molar-refractivity contribution in [2.45, 2.75) is 31.4 Å². The second kappa shape index (κ2) is 9.25. The van der Waals surface area contributed by atoms with Crippen molar-refractivity contribution < 1.29 is 22.6 Å². The van der Waals surface area contributed by atoms with Gasteiger partial charge in [0.2, 0.25) is 5.88 Å². The Balaban J connectivity index is 1.73. The molecular formula is C22H24F3N5O2. The molecule has 1 aromatic carbocycles. The average Bonchev–Trinajstić information content (AvgIpc) is 2.82. The van der Waals surface area contributed by atoms with Crippen molar-refractivity contribution in [1.82, 2.24) is 20.3 Å². The SMILES string of the molecule is COc1nc(C2(OC)CCNCC2)cc2c(NCc3cccc(C(F)F)c3F)ncnc12. The van der Waals surface area contributed by atoms with Crippen molar-refractivity contribution >= 4 is 16.7 Å². The molecule has 1 saturated heterocycles. The van der Waals surface area contributed by atoms with Crippen LogP contribution in [0.5, 0.6) is 5.88 Å². The number of anilines is 1. The zero-order valence-electron chi connectivity index (χ0n) is 17.8. The quantitative estimate of drug-likeness (QED) is 0.568. The Bertz CT molecular complexity index is 1110. The fourth-order valence-electron chi connectivity index (χ4n) is 4.03. The summed E-state index contributed by atoms with van der Waals surface area (Å²) in [7, 11) is 3.16. The van der Waals surface area contributed by atoms with E-state index in [9.17, 15) is 13.2 Å². The number of methoxy groups -OCH3 is 2. The third-order valence-electron chi connectivity index (χ3n) is 5.84. The Kier molecular flexibility index (Phi) is 6.43. The maximum atomic E-state index is 14.5. The van der Waals surface area contributed by atoms with Crippen molar-refractivity contribution in [3.05, 3.63) is 53.2 Å². The lowest BCUT2D eigenvalue weighted by Gasteiger charge is -2.36. The topological polar surface area (TPSA) is 81.2 Å². The molecule has 7 nitrogen and oxygen atoms in total. The van der Waals surface area contributed by atoms with E-state index in [0.29, 0.717) is 28.3 Å². The Morgan fingerprint density at radius 2 is 1.97 bits per heavy atom. The van der Waals surface area contributed by atoms with Gasteiger partial charge in [-0.2, -0.15) is 0 Å². The van der Waals surface area contributed by atoms with Gasteiger partial charge >= 0.3 is 0 Å². The van der Waals surface area contributed by atoms with Gasteiger partial charge in [-0.25, -0.2) is 28.1 Å². The van der Waals surface area contributed by atoms with Crippen LogP contribution in [0.3, 0.4) is 0 Å². The molecule has 10 heteroatoms. The number of nitrogens with one attached hydrogen (secondary N) is 2. The molecule has 2 aromatic heterocycles. The molecule has 0 aliphatic carbocycles. The highest BCUT2D eigenvalue weighted by atomic mass is 19.3. The molecule has 0 radical (unpaired) electrons. The summed E-state index contributed by atoms with van der Waals surface area (Å²) < 4.78 is 51.9. The van der Waals surface area contributed by atoms with Crippen molar-refractivity contribution in [3.63, 3.8) is 0 Å². The summed E-state index contributed by atoms with van der Waals surface area (Å²) in [5.41, 5.74) is 0.0724. The van der Waals surface area contributed by atoms with E-state index in [2.05, 4.69) is 25.6 Å². The van der Waals surface area contributed by atoms with E-state index in [1.165, 1.54) is 25.6 Å². The first-order chi connectivity index (χ1) is 15.5. The summed E-state index contributed by atoms with van der Waals surface area (Å²) in [5, 5.41) is 6.98. The van der Waals surface area contributed by atoms with Gasteiger partial charge in [-0.3, -0.25) is 0 Å². The Morgan fingerprint density at radius 1 is 1.19 bits per heavy atom. The van der Waals surface area contributed by atoms with Gasteiger partial charge in [-0.05, 0) is 32.0 Å². The van der Waals surface area contributed by atoms with E-state index in [1.54, 1.807) is 7.11 Å². The summed E-state index contributed by atoms with van der Waals surface area (Å²) >= 11 is 0. The van der Waals surface area contributed by atoms with Gasteiger partial charge in [-0.1, -0.05) is 18.2 Å². The molecule has 0 unspecified atom stereocenters. The number of rotatable bonds is 7. The van der Waals surface area contributed by atoms with E-state index in [0.717, 1.165) is 32.0 Å². The second-order valence-electron chi connectivity index (χ2n) is 7.56. The molecule has 2 N–H and O–H groups in total. The minimum absolute atomic E-state index is 0.0299. The fourth-order valence-corrected chi connectivity index (χ4v) is 4.03. The van der Waals surface area contributed by atoms with Gasteiger partial charge < -0.3 is 20.1 Å². The Labute approximate surface area is 183 Å². The number of pyridine rings is 1. The van der Waals surface area contributed by atoms with Gasteiger partial charge in [0.15, 0.2) is 0 Å². The monoisotopic (exact) mass is 447 g/mol. The van der Waals surface area contributed by atoms with Crippen molar-refractivity contribution in [3.8, 4) is 5.88 Å².